The van der Waals surface area contributed by atoms with Gasteiger partial charge in [0.05, 0.1) is 6.42 Å². The van der Waals surface area contributed by atoms with Gasteiger partial charge < -0.3 is 5.11 Å². The van der Waals surface area contributed by atoms with Gasteiger partial charge in [-0.15, -0.1) is 4.91 Å². The van der Waals surface area contributed by atoms with Crippen molar-refractivity contribution in [2.45, 2.75) is 25.0 Å². The second-order valence-corrected chi connectivity index (χ2v) is 3.93. The van der Waals surface area contributed by atoms with Crippen LogP contribution in [0.3, 0.4) is 0 Å². The highest BCUT2D eigenvalue weighted by Gasteiger charge is 2.23. The van der Waals surface area contributed by atoms with Gasteiger partial charge in [-0.05, 0) is 13.8 Å². The van der Waals surface area contributed by atoms with Crippen molar-refractivity contribution in [1.82, 2.24) is 0 Å². The first-order valence-corrected chi connectivity index (χ1v) is 3.48. The van der Waals surface area contributed by atoms with E-state index in [0.717, 1.165) is 11.9 Å². The second kappa shape index (κ2) is 3.55. The molecule has 0 saturated carbocycles. The average Bonchev–Trinajstić information content (AvgIpc) is 1.59. The van der Waals surface area contributed by atoms with Crippen LogP contribution in [-0.4, -0.2) is 15.8 Å². The van der Waals surface area contributed by atoms with Crippen LogP contribution in [0.15, 0.2) is 4.58 Å². The summed E-state index contributed by atoms with van der Waals surface area (Å²) in [6.45, 7) is 3.32. The summed E-state index contributed by atoms with van der Waals surface area (Å²) in [7, 11) is 0. The zero-order valence-corrected chi connectivity index (χ0v) is 6.64. The molecule has 0 amide bonds. The van der Waals surface area contributed by atoms with Crippen LogP contribution in [-0.2, 0) is 4.79 Å². The molecule has 0 saturated heterocycles. The van der Waals surface area contributed by atoms with Crippen LogP contribution in [0.2, 0.25) is 0 Å². The highest BCUT2D eigenvalue weighted by atomic mass is 32.2. The predicted molar refractivity (Wildman–Crippen MR) is 39.7 cm³/mol. The maximum Gasteiger partial charge on any atom is 0.304 e. The third kappa shape index (κ3) is 4.31. The van der Waals surface area contributed by atoms with Gasteiger partial charge >= 0.3 is 5.97 Å². The van der Waals surface area contributed by atoms with Crippen LogP contribution >= 0.6 is 11.9 Å². The molecule has 0 aromatic rings. The molecule has 0 aliphatic heterocycles. The molecule has 58 valence electrons. The predicted octanol–water partition coefficient (Wildman–Crippen LogP) is 1.65. The highest BCUT2D eigenvalue weighted by Crippen LogP contribution is 2.28. The third-order valence-electron chi connectivity index (χ3n) is 0.861. The van der Waals surface area contributed by atoms with Crippen molar-refractivity contribution in [2.24, 2.45) is 4.58 Å². The fraction of sp³-hybridized carbons (Fsp3) is 0.800. The standard InChI is InChI=1S/C5H9NO3S/c1-5(2,10-6-9)3-4(7)8/h3H2,1-2H3,(H,7,8). The Morgan fingerprint density at radius 2 is 2.20 bits per heavy atom. The Bertz CT molecular complexity index is 146. The minimum Gasteiger partial charge on any atom is -0.481 e. The number of aliphatic carboxylic acids is 1. The lowest BCUT2D eigenvalue weighted by Crippen LogP contribution is -2.18. The van der Waals surface area contributed by atoms with E-state index in [-0.39, 0.29) is 6.42 Å². The zero-order chi connectivity index (χ0) is 8.20. The Morgan fingerprint density at radius 1 is 1.70 bits per heavy atom. The van der Waals surface area contributed by atoms with Gasteiger partial charge in [0.2, 0.25) is 0 Å². The minimum atomic E-state index is -0.916. The molecule has 10 heavy (non-hydrogen) atoms. The SMILES string of the molecule is CC(C)(CC(=O)O)SN=O. The van der Waals surface area contributed by atoms with Gasteiger partial charge in [0.25, 0.3) is 0 Å². The summed E-state index contributed by atoms with van der Waals surface area (Å²) >= 11 is 0.751. The number of rotatable bonds is 4. The zero-order valence-electron chi connectivity index (χ0n) is 5.83. The molecule has 0 aliphatic rings. The van der Waals surface area contributed by atoms with Crippen molar-refractivity contribution < 1.29 is 9.90 Å². The van der Waals surface area contributed by atoms with E-state index in [9.17, 15) is 9.70 Å². The Hall–Kier alpha value is -0.580. The normalized spacial score (nSPS) is 11.0. The number of hydrogen-bond donors (Lipinski definition) is 1. The van der Waals surface area contributed by atoms with Crippen molar-refractivity contribution in [3.05, 3.63) is 4.91 Å². The summed E-state index contributed by atoms with van der Waals surface area (Å²) in [5, 5.41) is 8.32. The number of carbonyl (C=O) groups is 1. The highest BCUT2D eigenvalue weighted by molar-refractivity contribution is 7.99. The first-order valence-electron chi connectivity index (χ1n) is 2.70. The molecule has 0 aromatic carbocycles. The Morgan fingerprint density at radius 3 is 2.50 bits per heavy atom. The quantitative estimate of drug-likeness (QED) is 0.505. The Kier molecular flexibility index (Phi) is 3.35. The maximum absolute atomic E-state index is 10.1. The number of hydrogen-bond acceptors (Lipinski definition) is 4. The van der Waals surface area contributed by atoms with E-state index < -0.39 is 10.7 Å². The van der Waals surface area contributed by atoms with Crippen LogP contribution in [0, 0.1) is 4.91 Å². The fourth-order valence-electron chi connectivity index (χ4n) is 0.497. The summed E-state index contributed by atoms with van der Waals surface area (Å²) in [5.74, 6) is -0.916. The molecule has 0 radical (unpaired) electrons. The van der Waals surface area contributed by atoms with Crippen molar-refractivity contribution in [2.75, 3.05) is 0 Å². The molecule has 5 heteroatoms. The molecule has 0 bridgehead atoms. The lowest BCUT2D eigenvalue weighted by atomic mass is 10.1. The topological polar surface area (TPSA) is 66.7 Å². The van der Waals surface area contributed by atoms with Crippen LogP contribution in [0.25, 0.3) is 0 Å². The van der Waals surface area contributed by atoms with Crippen LogP contribution in [0.4, 0.5) is 0 Å². The minimum absolute atomic E-state index is 0.0522. The number of carboxylic acids is 1. The van der Waals surface area contributed by atoms with Gasteiger partial charge in [-0.3, -0.25) is 4.79 Å². The number of carboxylic acid groups (broad SMARTS) is 1. The molecule has 0 aromatic heterocycles. The van der Waals surface area contributed by atoms with Crippen molar-refractivity contribution >= 4 is 17.9 Å². The van der Waals surface area contributed by atoms with Crippen molar-refractivity contribution in [3.63, 3.8) is 0 Å². The summed E-state index contributed by atoms with van der Waals surface area (Å²) in [6, 6.07) is 0. The molecule has 0 heterocycles. The maximum atomic E-state index is 10.1. The summed E-state index contributed by atoms with van der Waals surface area (Å²) < 4.78 is 1.97. The van der Waals surface area contributed by atoms with E-state index in [1.165, 1.54) is 0 Å². The Balaban J connectivity index is 3.85. The largest absolute Gasteiger partial charge is 0.481 e. The summed E-state index contributed by atoms with van der Waals surface area (Å²) in [5.41, 5.74) is 0. The van der Waals surface area contributed by atoms with Crippen molar-refractivity contribution in [3.8, 4) is 0 Å². The molecule has 1 N–H and O–H groups in total. The lowest BCUT2D eigenvalue weighted by Gasteiger charge is -2.15. The van der Waals surface area contributed by atoms with Crippen LogP contribution in [0.5, 0.6) is 0 Å². The van der Waals surface area contributed by atoms with Gasteiger partial charge in [-0.25, -0.2) is 0 Å². The van der Waals surface area contributed by atoms with Gasteiger partial charge in [0.15, 0.2) is 0 Å². The molecule has 0 unspecified atom stereocenters. The van der Waals surface area contributed by atoms with Gasteiger partial charge in [-0.1, -0.05) is 0 Å². The van der Waals surface area contributed by atoms with E-state index >= 15 is 0 Å². The molecule has 0 atom stereocenters. The molecule has 0 spiro atoms. The summed E-state index contributed by atoms with van der Waals surface area (Å²) in [4.78, 5) is 19.9. The fourth-order valence-corrected chi connectivity index (χ4v) is 0.887. The molecule has 0 rings (SSSR count). The monoisotopic (exact) mass is 163 g/mol. The number of nitroso groups, excluding NO2 is 1. The van der Waals surface area contributed by atoms with Gasteiger partial charge in [0, 0.05) is 21.3 Å². The first kappa shape index (κ1) is 9.42. The van der Waals surface area contributed by atoms with E-state index in [1.54, 1.807) is 13.8 Å². The van der Waals surface area contributed by atoms with E-state index in [2.05, 4.69) is 4.58 Å². The second-order valence-electron chi connectivity index (χ2n) is 2.50. The first-order chi connectivity index (χ1) is 4.48. The van der Waals surface area contributed by atoms with Gasteiger partial charge in [-0.2, -0.15) is 0 Å². The Labute approximate surface area is 63.1 Å². The summed E-state index contributed by atoms with van der Waals surface area (Å²) in [6.07, 6.45) is -0.0522. The van der Waals surface area contributed by atoms with E-state index in [1.807, 2.05) is 0 Å². The van der Waals surface area contributed by atoms with E-state index in [4.69, 9.17) is 5.11 Å². The van der Waals surface area contributed by atoms with Crippen LogP contribution < -0.4 is 0 Å². The molecular weight excluding hydrogens is 154 g/mol. The van der Waals surface area contributed by atoms with Crippen molar-refractivity contribution in [1.29, 1.82) is 0 Å². The molecule has 4 nitrogen and oxygen atoms in total. The molecular formula is C5H9NO3S. The smallest absolute Gasteiger partial charge is 0.304 e. The number of nitrogens with zero attached hydrogens (tertiary/aromatic N) is 1. The average molecular weight is 163 g/mol. The van der Waals surface area contributed by atoms with Gasteiger partial charge in [0.1, 0.15) is 0 Å². The van der Waals surface area contributed by atoms with E-state index in [0.29, 0.717) is 0 Å². The third-order valence-corrected chi connectivity index (χ3v) is 1.57. The molecule has 0 fully saturated rings. The molecule has 0 aliphatic carbocycles. The van der Waals surface area contributed by atoms with Crippen LogP contribution in [0.1, 0.15) is 20.3 Å². The lowest BCUT2D eigenvalue weighted by molar-refractivity contribution is -0.137.